The summed E-state index contributed by atoms with van der Waals surface area (Å²) in [5.41, 5.74) is 3.47. The van der Waals surface area contributed by atoms with Gasteiger partial charge in [0.25, 0.3) is 0 Å². The van der Waals surface area contributed by atoms with Crippen LogP contribution in [0.3, 0.4) is 0 Å². The summed E-state index contributed by atoms with van der Waals surface area (Å²) in [6.45, 7) is 2.07. The summed E-state index contributed by atoms with van der Waals surface area (Å²) in [6, 6.07) is 13.3. The van der Waals surface area contributed by atoms with Gasteiger partial charge >= 0.3 is 0 Å². The number of hydrogen-bond donors (Lipinski definition) is 2. The van der Waals surface area contributed by atoms with Crippen LogP contribution in [-0.4, -0.2) is 16.0 Å². The highest BCUT2D eigenvalue weighted by Gasteiger charge is 2.05. The van der Waals surface area contributed by atoms with Crippen LogP contribution in [0, 0.1) is 6.92 Å². The zero-order chi connectivity index (χ0) is 16.7. The van der Waals surface area contributed by atoms with Crippen LogP contribution in [0.1, 0.15) is 42.4 Å². The second-order valence-corrected chi connectivity index (χ2v) is 6.05. The fourth-order valence-corrected chi connectivity index (χ4v) is 2.58. The molecule has 0 aliphatic rings. The molecule has 0 radical (unpaired) electrons. The molecule has 2 aromatic rings. The van der Waals surface area contributed by atoms with E-state index in [0.29, 0.717) is 18.6 Å². The van der Waals surface area contributed by atoms with E-state index in [0.717, 1.165) is 31.2 Å². The van der Waals surface area contributed by atoms with Gasteiger partial charge in [-0.1, -0.05) is 35.9 Å². The summed E-state index contributed by atoms with van der Waals surface area (Å²) in [5.74, 6) is 0.0768. The lowest BCUT2D eigenvalue weighted by Crippen LogP contribution is -2.00. The standard InChI is InChI=1S/C20H24O3/c1-15-8-10-16(11-9-15)4-2-6-18(21)7-3-5-17-12-13-19(22)20(23)14-17/h8-14,22-23H,2-7H2,1H3. The van der Waals surface area contributed by atoms with Gasteiger partial charge in [0.15, 0.2) is 11.5 Å². The molecule has 0 bridgehead atoms. The SMILES string of the molecule is Cc1ccc(CCCC(=O)CCCc2ccc(O)c(O)c2)cc1. The molecular weight excluding hydrogens is 288 g/mol. The predicted octanol–water partition coefficient (Wildman–Crippen LogP) is 4.32. The van der Waals surface area contributed by atoms with Crippen molar-refractivity contribution >= 4 is 5.78 Å². The molecule has 0 aliphatic heterocycles. The highest BCUT2D eigenvalue weighted by molar-refractivity contribution is 5.78. The Kier molecular flexibility index (Phi) is 6.21. The molecule has 0 aliphatic carbocycles. The van der Waals surface area contributed by atoms with E-state index in [-0.39, 0.29) is 11.5 Å². The fraction of sp³-hybridized carbons (Fsp3) is 0.350. The van der Waals surface area contributed by atoms with Gasteiger partial charge in [0.2, 0.25) is 0 Å². The summed E-state index contributed by atoms with van der Waals surface area (Å²) in [6.07, 6.45) is 4.52. The summed E-state index contributed by atoms with van der Waals surface area (Å²) < 4.78 is 0. The lowest BCUT2D eigenvalue weighted by Gasteiger charge is -2.04. The Morgan fingerprint density at radius 2 is 1.39 bits per heavy atom. The lowest BCUT2D eigenvalue weighted by atomic mass is 10.0. The van der Waals surface area contributed by atoms with Gasteiger partial charge in [0.1, 0.15) is 5.78 Å². The second kappa shape index (κ2) is 8.37. The van der Waals surface area contributed by atoms with Crippen molar-refractivity contribution in [1.29, 1.82) is 0 Å². The quantitative estimate of drug-likeness (QED) is 0.714. The highest BCUT2D eigenvalue weighted by Crippen LogP contribution is 2.25. The van der Waals surface area contributed by atoms with E-state index >= 15 is 0 Å². The maximum absolute atomic E-state index is 11.9. The van der Waals surface area contributed by atoms with Crippen LogP contribution >= 0.6 is 0 Å². The van der Waals surface area contributed by atoms with Gasteiger partial charge < -0.3 is 10.2 Å². The van der Waals surface area contributed by atoms with Gasteiger partial charge in [-0.05, 0) is 55.9 Å². The third-order valence-corrected chi connectivity index (χ3v) is 4.00. The van der Waals surface area contributed by atoms with Crippen molar-refractivity contribution in [1.82, 2.24) is 0 Å². The normalized spacial score (nSPS) is 10.7. The van der Waals surface area contributed by atoms with Crippen molar-refractivity contribution in [3.8, 4) is 11.5 Å². The molecule has 0 amide bonds. The molecule has 122 valence electrons. The first-order valence-corrected chi connectivity index (χ1v) is 8.12. The molecular formula is C20H24O3. The Hall–Kier alpha value is -2.29. The van der Waals surface area contributed by atoms with Gasteiger partial charge in [-0.15, -0.1) is 0 Å². The van der Waals surface area contributed by atoms with Crippen LogP contribution < -0.4 is 0 Å². The Morgan fingerprint density at radius 3 is 2.00 bits per heavy atom. The van der Waals surface area contributed by atoms with Crippen LogP contribution in [0.5, 0.6) is 11.5 Å². The van der Waals surface area contributed by atoms with Crippen molar-refractivity contribution in [2.24, 2.45) is 0 Å². The lowest BCUT2D eigenvalue weighted by molar-refractivity contribution is -0.119. The first-order valence-electron chi connectivity index (χ1n) is 8.12. The van der Waals surface area contributed by atoms with E-state index in [1.54, 1.807) is 12.1 Å². The number of carbonyl (C=O) groups is 1. The van der Waals surface area contributed by atoms with Gasteiger partial charge in [0.05, 0.1) is 0 Å². The van der Waals surface area contributed by atoms with E-state index in [4.69, 9.17) is 0 Å². The van der Waals surface area contributed by atoms with Crippen LogP contribution in [-0.2, 0) is 17.6 Å². The average molecular weight is 312 g/mol. The molecule has 0 atom stereocenters. The minimum Gasteiger partial charge on any atom is -0.504 e. The summed E-state index contributed by atoms with van der Waals surface area (Å²) in [7, 11) is 0. The van der Waals surface area contributed by atoms with Crippen LogP contribution in [0.4, 0.5) is 0 Å². The van der Waals surface area contributed by atoms with Gasteiger partial charge in [0, 0.05) is 12.8 Å². The van der Waals surface area contributed by atoms with Gasteiger partial charge in [-0.3, -0.25) is 4.79 Å². The molecule has 23 heavy (non-hydrogen) atoms. The number of aromatic hydroxyl groups is 2. The summed E-state index contributed by atoms with van der Waals surface area (Å²) in [4.78, 5) is 11.9. The molecule has 0 spiro atoms. The van der Waals surface area contributed by atoms with Crippen molar-refractivity contribution in [3.05, 3.63) is 59.2 Å². The Bertz CT molecular complexity index is 644. The third-order valence-electron chi connectivity index (χ3n) is 4.00. The topological polar surface area (TPSA) is 57.5 Å². The number of carbonyl (C=O) groups excluding carboxylic acids is 1. The van der Waals surface area contributed by atoms with Crippen LogP contribution in [0.25, 0.3) is 0 Å². The van der Waals surface area contributed by atoms with Crippen molar-refractivity contribution in [2.45, 2.75) is 45.4 Å². The van der Waals surface area contributed by atoms with Gasteiger partial charge in [-0.2, -0.15) is 0 Å². The highest BCUT2D eigenvalue weighted by atomic mass is 16.3. The molecule has 2 rings (SSSR count). The van der Waals surface area contributed by atoms with E-state index < -0.39 is 0 Å². The number of Topliss-reactive ketones (excluding diaryl/α,β-unsaturated/α-hetero) is 1. The fourth-order valence-electron chi connectivity index (χ4n) is 2.58. The molecule has 3 nitrogen and oxygen atoms in total. The third kappa shape index (κ3) is 5.78. The van der Waals surface area contributed by atoms with E-state index in [1.807, 2.05) is 0 Å². The van der Waals surface area contributed by atoms with Crippen molar-refractivity contribution < 1.29 is 15.0 Å². The maximum atomic E-state index is 11.9. The maximum Gasteiger partial charge on any atom is 0.157 e. The minimum absolute atomic E-state index is 0.105. The molecule has 0 unspecified atom stereocenters. The Balaban J connectivity index is 1.65. The predicted molar refractivity (Wildman–Crippen MR) is 91.8 cm³/mol. The Labute approximate surface area is 137 Å². The first kappa shape index (κ1) is 17.1. The van der Waals surface area contributed by atoms with E-state index in [9.17, 15) is 15.0 Å². The number of ketones is 1. The number of aryl methyl sites for hydroxylation is 3. The number of phenolic OH excluding ortho intramolecular Hbond substituents is 2. The number of phenols is 2. The Morgan fingerprint density at radius 1 is 0.826 bits per heavy atom. The van der Waals surface area contributed by atoms with Crippen LogP contribution in [0.15, 0.2) is 42.5 Å². The first-order chi connectivity index (χ1) is 11.0. The zero-order valence-corrected chi connectivity index (χ0v) is 13.6. The van der Waals surface area contributed by atoms with Crippen LogP contribution in [0.2, 0.25) is 0 Å². The molecule has 0 heterocycles. The monoisotopic (exact) mass is 312 g/mol. The molecule has 0 fully saturated rings. The molecule has 0 saturated carbocycles. The second-order valence-electron chi connectivity index (χ2n) is 6.05. The van der Waals surface area contributed by atoms with E-state index in [2.05, 4.69) is 31.2 Å². The summed E-state index contributed by atoms with van der Waals surface area (Å²) >= 11 is 0. The van der Waals surface area contributed by atoms with Crippen molar-refractivity contribution in [3.63, 3.8) is 0 Å². The number of rotatable bonds is 8. The molecule has 2 aromatic carbocycles. The largest absolute Gasteiger partial charge is 0.504 e. The molecule has 2 N–H and O–H groups in total. The molecule has 3 heteroatoms. The summed E-state index contributed by atoms with van der Waals surface area (Å²) in [5, 5.41) is 18.7. The molecule has 0 aromatic heterocycles. The number of benzene rings is 2. The van der Waals surface area contributed by atoms with E-state index in [1.165, 1.54) is 17.2 Å². The number of hydrogen-bond acceptors (Lipinski definition) is 3. The smallest absolute Gasteiger partial charge is 0.157 e. The average Bonchev–Trinajstić information content (AvgIpc) is 2.53. The van der Waals surface area contributed by atoms with Crippen molar-refractivity contribution in [2.75, 3.05) is 0 Å². The minimum atomic E-state index is -0.110. The molecule has 0 saturated heterocycles. The van der Waals surface area contributed by atoms with Gasteiger partial charge in [-0.25, -0.2) is 0 Å². The zero-order valence-electron chi connectivity index (χ0n) is 13.6.